The van der Waals surface area contributed by atoms with Crippen molar-refractivity contribution in [3.63, 3.8) is 0 Å². The van der Waals surface area contributed by atoms with Crippen LogP contribution in [0.4, 0.5) is 4.20 Å². The van der Waals surface area contributed by atoms with E-state index in [0.29, 0.717) is 0 Å². The zero-order valence-electron chi connectivity index (χ0n) is 24.6. The molecule has 55 heavy (non-hydrogen) atoms. The molecule has 0 N–H and O–H groups in total. The maximum absolute atomic E-state index is 12.7. The van der Waals surface area contributed by atoms with Crippen LogP contribution in [0, 0.1) is 0 Å². The second kappa shape index (κ2) is 68.3. The Kier molecular flexibility index (Phi) is 88.5. The zero-order chi connectivity index (χ0) is 39.6. The van der Waals surface area contributed by atoms with Crippen LogP contribution in [0.5, 0.6) is 0 Å². The van der Waals surface area contributed by atoms with E-state index in [1.165, 1.54) is 75.6 Å². The van der Waals surface area contributed by atoms with Crippen molar-refractivity contribution in [3.05, 3.63) is 0 Å². The van der Waals surface area contributed by atoms with Gasteiger partial charge < -0.3 is 0 Å². The van der Waals surface area contributed by atoms with E-state index in [1.54, 1.807) is 302 Å². The summed E-state index contributed by atoms with van der Waals surface area (Å²) in [5.41, 5.74) is 0. The van der Waals surface area contributed by atoms with Crippen LogP contribution in [0.15, 0.2) is 0 Å². The first kappa shape index (κ1) is 71.3. The Hall–Kier alpha value is 16.3. The summed E-state index contributed by atoms with van der Waals surface area (Å²) in [4.78, 5) is 0. The smallest absolute Gasteiger partial charge is 0.0835 e. The minimum absolute atomic E-state index is 0.856. The van der Waals surface area contributed by atoms with Crippen molar-refractivity contribution in [2.24, 2.45) is 0 Å². The van der Waals surface area contributed by atoms with E-state index in [-0.39, 0.29) is 0 Å². The maximum atomic E-state index is 12.7. The Morgan fingerprint density at radius 3 is 0.436 bits per heavy atom. The summed E-state index contributed by atoms with van der Waals surface area (Å²) in [5, 5.41) is 0. The van der Waals surface area contributed by atoms with Crippen molar-refractivity contribution >= 4 is 409 Å². The molecule has 0 saturated carbocycles. The van der Waals surface area contributed by atoms with Gasteiger partial charge in [-0.2, -0.15) is 0 Å². The number of hydrogen-bond acceptors (Lipinski definition) is 0. The van der Waals surface area contributed by atoms with Crippen LogP contribution in [-0.2, 0) is 0 Å². The van der Waals surface area contributed by atoms with E-state index >= 15 is 0 Å². The van der Waals surface area contributed by atoms with Crippen LogP contribution in [0.1, 0.15) is 0 Å². The quantitative estimate of drug-likeness (QED) is 0.0799. The summed E-state index contributed by atoms with van der Waals surface area (Å²) in [7, 11) is 84.6. The number of hydrogen-bond donors (Lipinski definition) is 0. The molecule has 0 spiro atoms. The molecule has 0 heterocycles. The van der Waals surface area contributed by atoms with Gasteiger partial charge in [-0.25, -0.2) is 0 Å². The summed E-state index contributed by atoms with van der Waals surface area (Å²) in [6.45, 7) is 0. The molecule has 55 heteroatoms. The summed E-state index contributed by atoms with van der Waals surface area (Å²) in [6.07, 6.45) is 0. The van der Waals surface area contributed by atoms with Gasteiger partial charge in [0.25, 0.3) is 0 Å². The van der Waals surface area contributed by atoms with Gasteiger partial charge in [0.1, 0.15) is 0 Å². The van der Waals surface area contributed by atoms with Crippen LogP contribution < -0.4 is 0 Å². The van der Waals surface area contributed by atoms with E-state index in [1.807, 2.05) is 0 Å². The van der Waals surface area contributed by atoms with Crippen molar-refractivity contribution < 1.29 is 4.20 Å². The molecule has 0 radical (unpaired) electrons. The van der Waals surface area contributed by atoms with Gasteiger partial charge >= 0.3 is 103 Å². The first-order valence-electron chi connectivity index (χ1n) is 10.8. The first-order valence-corrected chi connectivity index (χ1v) is 96.1. The van der Waals surface area contributed by atoms with Gasteiger partial charge in [-0.15, -0.1) is 0 Å². The molecular formula is HFP54. The Balaban J connectivity index is 4.07. The number of halogens is 1. The fourth-order valence-electron chi connectivity index (χ4n) is 0.912. The van der Waals surface area contributed by atoms with Gasteiger partial charge in [-0.05, 0) is 60.4 Å². The van der Waals surface area contributed by atoms with Crippen molar-refractivity contribution in [3.8, 4) is 0 Å². The topological polar surface area (TPSA) is 0 Å². The molecule has 1 atom stereocenters. The average molecular weight is 1690 g/mol. The average Bonchev–Trinajstić information content (AvgIpc) is 3.18. The predicted octanol–water partition coefficient (Wildman–Crippen LogP) is 46.7. The van der Waals surface area contributed by atoms with Gasteiger partial charge in [0.05, 0.1) is 0 Å². The molecule has 278 valence electrons. The standard InChI is InChI=1S/FHP54/c1-55(3)54-53-52-51-50-49-48-47-46-45-44-43-42-41-40-39-38-37-36-35-34-33-32-31-30-29-28-27-26-25-24-23-22-21-20-19-18-17-16-15-14-13-12-11-10-9-8-7-6-5-4-2/h2H. The van der Waals surface area contributed by atoms with Gasteiger partial charge in [-0.1, -0.05) is 8.53 Å². The molecule has 0 aliphatic carbocycles. The van der Waals surface area contributed by atoms with Crippen LogP contribution in [0.2, 0.25) is 0 Å². The monoisotopic (exact) mass is 1690 g/mol. The van der Waals surface area contributed by atoms with Gasteiger partial charge in [0.15, 0.2) is 0 Å². The summed E-state index contributed by atoms with van der Waals surface area (Å²) in [5.74, 6) is 0. The molecule has 0 rings (SSSR count). The Labute approximate surface area is 407 Å². The second-order valence-electron chi connectivity index (χ2n) is 4.81. The molecule has 0 aliphatic heterocycles. The van der Waals surface area contributed by atoms with Gasteiger partial charge in [0, 0.05) is 242 Å². The molecule has 0 amide bonds. The third-order valence-electron chi connectivity index (χ3n) is 2.08. The Morgan fingerprint density at radius 2 is 0.327 bits per heavy atom. The third-order valence-corrected chi connectivity index (χ3v) is 167. The van der Waals surface area contributed by atoms with Gasteiger partial charge in [-0.3, -0.25) is 0 Å². The first-order chi connectivity index (χ1) is 27.3. The molecule has 0 aromatic rings. The summed E-state index contributed by atoms with van der Waals surface area (Å²) >= 11 is 0. The molecular weight excluding hydrogens is 1690 g/mol. The van der Waals surface area contributed by atoms with Crippen molar-refractivity contribution in [1.82, 2.24) is 0 Å². The molecule has 0 saturated heterocycles. The fourth-order valence-corrected chi connectivity index (χ4v) is 219. The number of rotatable bonds is 25. The van der Waals surface area contributed by atoms with Crippen LogP contribution in [0.25, 0.3) is 0 Å². The Morgan fingerprint density at radius 1 is 0.218 bits per heavy atom. The summed E-state index contributed by atoms with van der Waals surface area (Å²) in [6, 6.07) is 0. The van der Waals surface area contributed by atoms with E-state index in [2.05, 4.69) is 16.9 Å². The molecule has 0 aromatic carbocycles. The minimum Gasteiger partial charge on any atom is -0.0835 e. The normalized spacial score (nSPS) is 15.6. The minimum atomic E-state index is -1.53. The second-order valence-corrected chi connectivity index (χ2v) is 127. The van der Waals surface area contributed by atoms with Crippen molar-refractivity contribution in [2.45, 2.75) is 0 Å². The summed E-state index contributed by atoms with van der Waals surface area (Å²) < 4.78 is 12.7. The van der Waals surface area contributed by atoms with E-state index < -0.39 is 7.02 Å². The molecule has 0 fully saturated rings. The SMILES string of the molecule is FP(#P)\P=P/P=P\P=P/P=P\P=P/P=P\P=P/P=P\P=P/P=P\P=P/P=P\P=P/P=P\P=P/P=P\P=P/P=P\P=P/P=P\P=P/P=P\P=P/P=P\P=P/P=P. The van der Waals surface area contributed by atoms with Crippen molar-refractivity contribution in [1.29, 1.82) is 0 Å². The fraction of sp³-hybridized carbons (Fsp3) is 0. The van der Waals surface area contributed by atoms with Crippen LogP contribution >= 0.6 is 409 Å². The molecule has 0 nitrogen and oxygen atoms in total. The Bertz CT molecular complexity index is 1850. The molecule has 0 bridgehead atoms. The van der Waals surface area contributed by atoms with Gasteiger partial charge in [0.2, 0.25) is 0 Å². The predicted molar refractivity (Wildman–Crippen MR) is 376 cm³/mol. The van der Waals surface area contributed by atoms with E-state index in [9.17, 15) is 4.20 Å². The third kappa shape index (κ3) is 70.3. The molecule has 1 unspecified atom stereocenters. The van der Waals surface area contributed by atoms with Crippen LogP contribution in [0.3, 0.4) is 0 Å². The zero-order valence-corrected chi connectivity index (χ0v) is 73.0. The van der Waals surface area contributed by atoms with Crippen LogP contribution in [-0.4, -0.2) is 0 Å². The van der Waals surface area contributed by atoms with Crippen molar-refractivity contribution in [2.75, 3.05) is 0 Å². The molecule has 0 aromatic heterocycles. The van der Waals surface area contributed by atoms with E-state index in [0.717, 1.165) is 7.56 Å². The van der Waals surface area contributed by atoms with E-state index in [4.69, 9.17) is 0 Å². The molecule has 0 aliphatic rings.